The summed E-state index contributed by atoms with van der Waals surface area (Å²) >= 11 is 6.03. The molecule has 0 saturated carbocycles. The SMILES string of the molecule is O=C1/C(=C/c2cccc(Cl)c2)Oc2c1ccc(O)c2C[NH+]1CC[NH+](CCO)CC1. The molecule has 4 N–H and O–H groups in total. The number of hydrogen-bond donors (Lipinski definition) is 4. The number of aliphatic hydroxyl groups excluding tert-OH is 1. The first-order chi connectivity index (χ1) is 14.0. The molecule has 0 spiro atoms. The number of Topliss-reactive ketones (excluding diaryl/α,β-unsaturated/α-hetero) is 1. The summed E-state index contributed by atoms with van der Waals surface area (Å²) in [6, 6.07) is 10.4. The van der Waals surface area contributed by atoms with Crippen LogP contribution in [0, 0.1) is 0 Å². The van der Waals surface area contributed by atoms with E-state index in [1.807, 2.05) is 12.1 Å². The third-order valence-corrected chi connectivity index (χ3v) is 5.85. The van der Waals surface area contributed by atoms with E-state index in [0.717, 1.165) is 38.3 Å². The second-order valence-corrected chi connectivity index (χ2v) is 8.02. The molecule has 0 atom stereocenters. The first-order valence-electron chi connectivity index (χ1n) is 9.88. The lowest BCUT2D eigenvalue weighted by atomic mass is 10.0. The fourth-order valence-electron chi connectivity index (χ4n) is 4.01. The second-order valence-electron chi connectivity index (χ2n) is 7.59. The molecule has 0 radical (unpaired) electrons. The minimum absolute atomic E-state index is 0.151. The first kappa shape index (κ1) is 19.9. The van der Waals surface area contributed by atoms with Gasteiger partial charge in [-0.15, -0.1) is 0 Å². The van der Waals surface area contributed by atoms with Gasteiger partial charge in [0.05, 0.1) is 17.7 Å². The fourth-order valence-corrected chi connectivity index (χ4v) is 4.21. The number of piperazine rings is 1. The van der Waals surface area contributed by atoms with Gasteiger partial charge in [0, 0.05) is 5.02 Å². The number of phenolic OH excluding ortho intramolecular Hbond substituents is 1. The molecule has 2 aromatic carbocycles. The number of quaternary nitrogens is 2. The number of hydrogen-bond acceptors (Lipinski definition) is 4. The average molecular weight is 417 g/mol. The van der Waals surface area contributed by atoms with Gasteiger partial charge in [-0.2, -0.15) is 0 Å². The van der Waals surface area contributed by atoms with Crippen molar-refractivity contribution in [1.82, 2.24) is 0 Å². The van der Waals surface area contributed by atoms with Crippen LogP contribution in [0.5, 0.6) is 11.5 Å². The predicted octanol–water partition coefficient (Wildman–Crippen LogP) is -0.0625. The summed E-state index contributed by atoms with van der Waals surface area (Å²) in [4.78, 5) is 15.5. The molecule has 1 fully saturated rings. The zero-order chi connectivity index (χ0) is 20.4. The van der Waals surface area contributed by atoms with Crippen LogP contribution in [0.4, 0.5) is 0 Å². The standard InChI is InChI=1S/C22H23ClN2O4/c23-16-3-1-2-15(12-16)13-20-21(28)17-4-5-19(27)18(22(17)29-20)14-25-8-6-24(7-9-25)10-11-26/h1-5,12-13,26-27H,6-11,14H2/p+2/b20-13-. The molecule has 6 nitrogen and oxygen atoms in total. The summed E-state index contributed by atoms with van der Waals surface area (Å²) in [5.74, 6) is 0.661. The minimum atomic E-state index is -0.187. The van der Waals surface area contributed by atoms with E-state index in [1.165, 1.54) is 9.80 Å². The number of fused-ring (bicyclic) bond motifs is 1. The van der Waals surface area contributed by atoms with E-state index >= 15 is 0 Å². The van der Waals surface area contributed by atoms with Gasteiger partial charge in [-0.3, -0.25) is 4.79 Å². The van der Waals surface area contributed by atoms with E-state index < -0.39 is 0 Å². The highest BCUT2D eigenvalue weighted by molar-refractivity contribution is 6.30. The monoisotopic (exact) mass is 416 g/mol. The maximum absolute atomic E-state index is 12.8. The molecule has 0 amide bonds. The molecule has 7 heteroatoms. The number of aliphatic hydroxyl groups is 1. The van der Waals surface area contributed by atoms with Crippen molar-refractivity contribution in [3.8, 4) is 11.5 Å². The van der Waals surface area contributed by atoms with E-state index in [2.05, 4.69) is 0 Å². The fraction of sp³-hybridized carbons (Fsp3) is 0.318. The Kier molecular flexibility index (Phi) is 5.87. The lowest BCUT2D eigenvalue weighted by Gasteiger charge is -2.29. The third-order valence-electron chi connectivity index (χ3n) is 5.62. The van der Waals surface area contributed by atoms with Crippen molar-refractivity contribution in [2.75, 3.05) is 39.3 Å². The molecule has 4 rings (SSSR count). The topological polar surface area (TPSA) is 75.6 Å². The number of aromatic hydroxyl groups is 1. The van der Waals surface area contributed by atoms with Crippen molar-refractivity contribution >= 4 is 23.5 Å². The van der Waals surface area contributed by atoms with Crippen LogP contribution in [0.1, 0.15) is 21.5 Å². The minimum Gasteiger partial charge on any atom is -0.507 e. The van der Waals surface area contributed by atoms with Gasteiger partial charge in [-0.1, -0.05) is 23.7 Å². The number of ketones is 1. The zero-order valence-corrected chi connectivity index (χ0v) is 16.8. The van der Waals surface area contributed by atoms with E-state index in [4.69, 9.17) is 21.4 Å². The molecule has 2 aliphatic rings. The zero-order valence-electron chi connectivity index (χ0n) is 16.1. The normalized spacial score (nSPS) is 22.6. The quantitative estimate of drug-likeness (QED) is 0.515. The largest absolute Gasteiger partial charge is 0.507 e. The maximum Gasteiger partial charge on any atom is 0.231 e. The van der Waals surface area contributed by atoms with Gasteiger partial charge in [-0.05, 0) is 35.9 Å². The number of nitrogens with one attached hydrogen (secondary N) is 2. The number of allylic oxidation sites excluding steroid dienone is 1. The van der Waals surface area contributed by atoms with E-state index in [9.17, 15) is 9.90 Å². The van der Waals surface area contributed by atoms with Gasteiger partial charge in [0.15, 0.2) is 11.5 Å². The maximum atomic E-state index is 12.8. The van der Waals surface area contributed by atoms with Crippen LogP contribution < -0.4 is 14.5 Å². The highest BCUT2D eigenvalue weighted by atomic mass is 35.5. The number of carbonyl (C=O) groups is 1. The Hall–Kier alpha value is -2.38. The van der Waals surface area contributed by atoms with Crippen LogP contribution >= 0.6 is 11.6 Å². The summed E-state index contributed by atoms with van der Waals surface area (Å²) in [7, 11) is 0. The highest BCUT2D eigenvalue weighted by Gasteiger charge is 2.33. The number of halogens is 1. The molecule has 152 valence electrons. The molecule has 0 aliphatic carbocycles. The average Bonchev–Trinajstić information content (AvgIpc) is 3.01. The van der Waals surface area contributed by atoms with Crippen LogP contribution in [-0.4, -0.2) is 55.3 Å². The summed E-state index contributed by atoms with van der Waals surface area (Å²) in [5.41, 5.74) is 1.94. The van der Waals surface area contributed by atoms with Gasteiger partial charge >= 0.3 is 0 Å². The number of benzene rings is 2. The van der Waals surface area contributed by atoms with Crippen molar-refractivity contribution in [2.24, 2.45) is 0 Å². The van der Waals surface area contributed by atoms with Crippen molar-refractivity contribution in [1.29, 1.82) is 0 Å². The molecule has 0 aromatic heterocycles. The molecular formula is C22H25ClN2O4+2. The molecule has 29 heavy (non-hydrogen) atoms. The summed E-state index contributed by atoms with van der Waals surface area (Å²) in [6.07, 6.45) is 1.68. The lowest BCUT2D eigenvalue weighted by Crippen LogP contribution is -3.27. The van der Waals surface area contributed by atoms with Gasteiger partial charge in [0.25, 0.3) is 0 Å². The smallest absolute Gasteiger partial charge is 0.231 e. The Bertz CT molecular complexity index is 952. The Labute approximate surface area is 174 Å². The number of phenols is 1. The second kappa shape index (κ2) is 8.55. The number of ether oxygens (including phenoxy) is 1. The number of rotatable bonds is 5. The van der Waals surface area contributed by atoms with Crippen LogP contribution in [0.3, 0.4) is 0 Å². The molecule has 2 aliphatic heterocycles. The lowest BCUT2D eigenvalue weighted by molar-refractivity contribution is -1.02. The summed E-state index contributed by atoms with van der Waals surface area (Å²) in [5, 5.41) is 20.2. The molecule has 0 unspecified atom stereocenters. The number of carbonyl (C=O) groups excluding carboxylic acids is 1. The molecule has 1 saturated heterocycles. The molecule has 0 bridgehead atoms. The Morgan fingerprint density at radius 3 is 2.59 bits per heavy atom. The Balaban J connectivity index is 1.55. The molecule has 2 heterocycles. The van der Waals surface area contributed by atoms with Crippen LogP contribution in [0.25, 0.3) is 6.08 Å². The van der Waals surface area contributed by atoms with E-state index in [-0.39, 0.29) is 23.9 Å². The van der Waals surface area contributed by atoms with Crippen LogP contribution in [-0.2, 0) is 6.54 Å². The van der Waals surface area contributed by atoms with E-state index in [1.54, 1.807) is 30.3 Å². The first-order valence-corrected chi connectivity index (χ1v) is 10.3. The van der Waals surface area contributed by atoms with E-state index in [0.29, 0.717) is 28.4 Å². The third kappa shape index (κ3) is 4.31. The van der Waals surface area contributed by atoms with Crippen molar-refractivity contribution in [3.05, 3.63) is 63.9 Å². The van der Waals surface area contributed by atoms with Gasteiger partial charge < -0.3 is 24.7 Å². The van der Waals surface area contributed by atoms with Crippen molar-refractivity contribution < 1.29 is 29.5 Å². The highest BCUT2D eigenvalue weighted by Crippen LogP contribution is 2.39. The van der Waals surface area contributed by atoms with Gasteiger partial charge in [0.2, 0.25) is 5.78 Å². The Morgan fingerprint density at radius 2 is 1.86 bits per heavy atom. The summed E-state index contributed by atoms with van der Waals surface area (Å²) < 4.78 is 5.93. The van der Waals surface area contributed by atoms with Crippen LogP contribution in [0.2, 0.25) is 5.02 Å². The Morgan fingerprint density at radius 1 is 1.10 bits per heavy atom. The summed E-state index contributed by atoms with van der Waals surface area (Å²) in [6.45, 7) is 5.41. The van der Waals surface area contributed by atoms with Gasteiger partial charge in [0.1, 0.15) is 45.0 Å². The van der Waals surface area contributed by atoms with Crippen LogP contribution in [0.15, 0.2) is 42.2 Å². The van der Waals surface area contributed by atoms with Gasteiger partial charge in [-0.25, -0.2) is 0 Å². The molecule has 2 aromatic rings. The molecular weight excluding hydrogens is 392 g/mol. The van der Waals surface area contributed by atoms with Crippen molar-refractivity contribution in [3.63, 3.8) is 0 Å². The van der Waals surface area contributed by atoms with Crippen molar-refractivity contribution in [2.45, 2.75) is 6.54 Å². The predicted molar refractivity (Wildman–Crippen MR) is 110 cm³/mol.